The molecule has 140 valence electrons. The van der Waals surface area contributed by atoms with E-state index in [1.165, 1.54) is 26.0 Å². The highest BCUT2D eigenvalue weighted by Gasteiger charge is 2.30. The molecule has 1 aliphatic rings. The molecule has 0 atom stereocenters. The SMILES string of the molecule is COc1cc(C(=O)NC2CCN(P(=O)(Cl)Cl)CC2)cc(OC)c1OC. The molecule has 0 aliphatic carbocycles. The molecule has 0 spiro atoms. The molecule has 1 heterocycles. The van der Waals surface area contributed by atoms with E-state index in [0.717, 1.165) is 0 Å². The van der Waals surface area contributed by atoms with Crippen LogP contribution in [0, 0.1) is 0 Å². The van der Waals surface area contributed by atoms with Crippen LogP contribution in [0.15, 0.2) is 12.1 Å². The Kier molecular flexibility index (Phi) is 6.86. The van der Waals surface area contributed by atoms with Crippen LogP contribution in [0.1, 0.15) is 23.2 Å². The number of hydrogen-bond donors (Lipinski definition) is 1. The van der Waals surface area contributed by atoms with Crippen LogP contribution in [-0.4, -0.2) is 51.0 Å². The summed E-state index contributed by atoms with van der Waals surface area (Å²) in [4.78, 5) is 12.5. The Balaban J connectivity index is 2.08. The number of nitrogens with one attached hydrogen (secondary N) is 1. The molecule has 1 aliphatic heterocycles. The molecule has 1 aromatic carbocycles. The lowest BCUT2D eigenvalue weighted by Crippen LogP contribution is -2.42. The Morgan fingerprint density at radius 1 is 1.12 bits per heavy atom. The maximum atomic E-state index is 12.5. The topological polar surface area (TPSA) is 77.1 Å². The standard InChI is InChI=1S/C15H21Cl2N2O5P/c1-22-12-8-10(9-13(23-2)14(12)24-3)15(20)18-11-4-6-19(7-5-11)25(16,17)21/h8-9,11H,4-7H2,1-3H3,(H,18,20). The highest BCUT2D eigenvalue weighted by Crippen LogP contribution is 2.60. The normalized spacial score (nSPS) is 16.4. The van der Waals surface area contributed by atoms with Crippen molar-refractivity contribution in [3.8, 4) is 17.2 Å². The van der Waals surface area contributed by atoms with E-state index in [2.05, 4.69) is 5.32 Å². The predicted octanol–water partition coefficient (Wildman–Crippen LogP) is 3.49. The van der Waals surface area contributed by atoms with E-state index in [0.29, 0.717) is 48.7 Å². The average Bonchev–Trinajstić information content (AvgIpc) is 2.59. The van der Waals surface area contributed by atoms with Gasteiger partial charge in [0, 0.05) is 24.7 Å². The lowest BCUT2D eigenvalue weighted by molar-refractivity contribution is 0.0923. The van der Waals surface area contributed by atoms with Crippen molar-refractivity contribution in [2.45, 2.75) is 18.9 Å². The van der Waals surface area contributed by atoms with E-state index in [-0.39, 0.29) is 11.9 Å². The van der Waals surface area contributed by atoms with Gasteiger partial charge in [-0.1, -0.05) is 0 Å². The van der Waals surface area contributed by atoms with Gasteiger partial charge in [-0.3, -0.25) is 9.36 Å². The lowest BCUT2D eigenvalue weighted by atomic mass is 10.1. The maximum Gasteiger partial charge on any atom is 0.322 e. The van der Waals surface area contributed by atoms with Crippen LogP contribution in [0.5, 0.6) is 17.2 Å². The molecule has 25 heavy (non-hydrogen) atoms. The van der Waals surface area contributed by atoms with E-state index in [1.54, 1.807) is 12.1 Å². The third-order valence-corrected chi connectivity index (χ3v) is 6.40. The number of methoxy groups -OCH3 is 3. The minimum atomic E-state index is -3.27. The molecule has 1 fully saturated rings. The van der Waals surface area contributed by atoms with Crippen LogP contribution in [0.4, 0.5) is 0 Å². The largest absolute Gasteiger partial charge is 0.493 e. The first-order valence-electron chi connectivity index (χ1n) is 7.65. The first-order valence-corrected chi connectivity index (χ1v) is 11.1. The molecule has 1 saturated heterocycles. The molecule has 7 nitrogen and oxygen atoms in total. The molecule has 2 rings (SSSR count). The predicted molar refractivity (Wildman–Crippen MR) is 97.5 cm³/mol. The zero-order valence-corrected chi connectivity index (χ0v) is 16.7. The third-order valence-electron chi connectivity index (χ3n) is 4.06. The van der Waals surface area contributed by atoms with Gasteiger partial charge >= 0.3 is 6.00 Å². The van der Waals surface area contributed by atoms with Crippen molar-refractivity contribution in [3.05, 3.63) is 17.7 Å². The summed E-state index contributed by atoms with van der Waals surface area (Å²) in [7, 11) is 4.48. The Labute approximate surface area is 156 Å². The molecule has 1 N–H and O–H groups in total. The summed E-state index contributed by atoms with van der Waals surface area (Å²) >= 11 is 11.4. The van der Waals surface area contributed by atoms with Crippen molar-refractivity contribution >= 4 is 34.4 Å². The fourth-order valence-electron chi connectivity index (χ4n) is 2.72. The van der Waals surface area contributed by atoms with Gasteiger partial charge in [0.1, 0.15) is 0 Å². The summed E-state index contributed by atoms with van der Waals surface area (Å²) in [6.45, 7) is 0.926. The van der Waals surface area contributed by atoms with Crippen molar-refractivity contribution < 1.29 is 23.6 Å². The van der Waals surface area contributed by atoms with Crippen LogP contribution in [0.2, 0.25) is 0 Å². The molecule has 10 heteroatoms. The summed E-state index contributed by atoms with van der Waals surface area (Å²) in [5, 5.41) is 2.95. The number of carbonyl (C=O) groups is 1. The number of benzene rings is 1. The fraction of sp³-hybridized carbons (Fsp3) is 0.533. The lowest BCUT2D eigenvalue weighted by Gasteiger charge is -2.32. The minimum absolute atomic E-state index is 0.0530. The number of hydrogen-bond acceptors (Lipinski definition) is 5. The quantitative estimate of drug-likeness (QED) is 0.723. The maximum absolute atomic E-state index is 12.5. The Hall–Kier alpha value is -1.14. The summed E-state index contributed by atoms with van der Waals surface area (Å²) in [5.41, 5.74) is 0.400. The summed E-state index contributed by atoms with van der Waals surface area (Å²) in [6.07, 6.45) is 1.22. The third kappa shape index (κ3) is 4.94. The number of amides is 1. The number of halogens is 2. The summed E-state index contributed by atoms with van der Waals surface area (Å²) in [5.74, 6) is -2.28. The molecular formula is C15H21Cl2N2O5P. The molecule has 1 aromatic rings. The Morgan fingerprint density at radius 3 is 2.04 bits per heavy atom. The van der Waals surface area contributed by atoms with Crippen LogP contribution < -0.4 is 19.5 Å². The molecule has 0 aromatic heterocycles. The molecule has 1 amide bonds. The second-order valence-electron chi connectivity index (χ2n) is 5.55. The van der Waals surface area contributed by atoms with Gasteiger partial charge in [0.2, 0.25) is 5.75 Å². The highest BCUT2D eigenvalue weighted by atomic mass is 35.9. The number of piperidine rings is 1. The van der Waals surface area contributed by atoms with Gasteiger partial charge in [-0.05, 0) is 47.5 Å². The van der Waals surface area contributed by atoms with Crippen LogP contribution in [-0.2, 0) is 4.57 Å². The van der Waals surface area contributed by atoms with E-state index in [1.807, 2.05) is 0 Å². The van der Waals surface area contributed by atoms with Crippen molar-refractivity contribution in [3.63, 3.8) is 0 Å². The summed E-state index contributed by atoms with van der Waals surface area (Å²) in [6, 6.07) is 3.14. The molecule has 0 unspecified atom stereocenters. The van der Waals surface area contributed by atoms with E-state index < -0.39 is 6.00 Å². The van der Waals surface area contributed by atoms with E-state index in [9.17, 15) is 9.36 Å². The van der Waals surface area contributed by atoms with Crippen molar-refractivity contribution in [2.75, 3.05) is 34.4 Å². The van der Waals surface area contributed by atoms with Crippen molar-refractivity contribution in [1.82, 2.24) is 9.99 Å². The minimum Gasteiger partial charge on any atom is -0.493 e. The Bertz CT molecular complexity index is 649. The average molecular weight is 411 g/mol. The van der Waals surface area contributed by atoms with E-state index >= 15 is 0 Å². The second kappa shape index (κ2) is 8.49. The molecule has 0 saturated carbocycles. The molecular weight excluding hydrogens is 390 g/mol. The first-order chi connectivity index (χ1) is 11.8. The number of nitrogens with zero attached hydrogens (tertiary/aromatic N) is 1. The van der Waals surface area contributed by atoms with Crippen LogP contribution >= 0.6 is 28.5 Å². The van der Waals surface area contributed by atoms with Crippen molar-refractivity contribution in [1.29, 1.82) is 0 Å². The van der Waals surface area contributed by atoms with Gasteiger partial charge < -0.3 is 19.5 Å². The highest BCUT2D eigenvalue weighted by molar-refractivity contribution is 8.06. The zero-order valence-electron chi connectivity index (χ0n) is 14.3. The van der Waals surface area contributed by atoms with Gasteiger partial charge in [0.25, 0.3) is 5.91 Å². The van der Waals surface area contributed by atoms with Gasteiger partial charge in [0.05, 0.1) is 21.3 Å². The molecule has 0 radical (unpaired) electrons. The number of carbonyl (C=O) groups excluding carboxylic acids is 1. The Morgan fingerprint density at radius 2 is 1.64 bits per heavy atom. The number of rotatable bonds is 6. The van der Waals surface area contributed by atoms with Crippen molar-refractivity contribution in [2.24, 2.45) is 0 Å². The monoisotopic (exact) mass is 410 g/mol. The van der Waals surface area contributed by atoms with Gasteiger partial charge in [-0.2, -0.15) is 0 Å². The van der Waals surface area contributed by atoms with Gasteiger partial charge in [-0.25, -0.2) is 4.67 Å². The fourth-order valence-corrected chi connectivity index (χ4v) is 4.33. The van der Waals surface area contributed by atoms with Gasteiger partial charge in [-0.15, -0.1) is 0 Å². The van der Waals surface area contributed by atoms with E-state index in [4.69, 9.17) is 36.7 Å². The first kappa shape index (κ1) is 20.2. The second-order valence-corrected chi connectivity index (χ2v) is 10.3. The smallest absolute Gasteiger partial charge is 0.322 e. The number of ether oxygens (including phenoxy) is 3. The zero-order chi connectivity index (χ0) is 18.6. The summed E-state index contributed by atoms with van der Waals surface area (Å²) < 4.78 is 29.0. The van der Waals surface area contributed by atoms with Gasteiger partial charge in [0.15, 0.2) is 11.5 Å². The molecule has 0 bridgehead atoms. The van der Waals surface area contributed by atoms with Crippen LogP contribution in [0.3, 0.4) is 0 Å². The van der Waals surface area contributed by atoms with Crippen LogP contribution in [0.25, 0.3) is 0 Å².